The minimum absolute atomic E-state index is 0.181. The Morgan fingerprint density at radius 1 is 1.28 bits per heavy atom. The average Bonchev–Trinajstić information content (AvgIpc) is 2.39. The summed E-state index contributed by atoms with van der Waals surface area (Å²) in [6.07, 6.45) is 7.85. The first-order valence-corrected chi connectivity index (χ1v) is 7.74. The molecule has 0 amide bonds. The molecule has 0 saturated carbocycles. The number of likely N-dealkylation sites (tertiary alicyclic amines) is 1. The number of hydrogen-bond donors (Lipinski definition) is 2. The van der Waals surface area contributed by atoms with Crippen LogP contribution >= 0.6 is 0 Å². The molecule has 3 atom stereocenters. The molecule has 0 bridgehead atoms. The fraction of sp³-hybridized carbons (Fsp3) is 1.00. The fourth-order valence-corrected chi connectivity index (χ4v) is 3.11. The summed E-state index contributed by atoms with van der Waals surface area (Å²) >= 11 is 0. The highest BCUT2D eigenvalue weighted by Gasteiger charge is 2.26. The van der Waals surface area contributed by atoms with E-state index in [-0.39, 0.29) is 18.8 Å². The van der Waals surface area contributed by atoms with Crippen LogP contribution in [0.2, 0.25) is 0 Å². The monoisotopic (exact) mass is 257 g/mol. The SMILES string of the molecule is CCCC(CC)CCCN1CCC(O)CC1CO. The first-order chi connectivity index (χ1) is 8.71. The average molecular weight is 257 g/mol. The van der Waals surface area contributed by atoms with Crippen molar-refractivity contribution in [2.45, 2.75) is 70.9 Å². The summed E-state index contributed by atoms with van der Waals surface area (Å²) in [5.74, 6) is 0.873. The molecule has 3 unspecified atom stereocenters. The second-order valence-corrected chi connectivity index (χ2v) is 5.76. The van der Waals surface area contributed by atoms with Gasteiger partial charge in [-0.2, -0.15) is 0 Å². The zero-order valence-electron chi connectivity index (χ0n) is 12.1. The number of aliphatic hydroxyl groups excluding tert-OH is 2. The Bertz CT molecular complexity index is 211. The maximum absolute atomic E-state index is 9.61. The van der Waals surface area contributed by atoms with Crippen molar-refractivity contribution < 1.29 is 10.2 Å². The molecule has 2 N–H and O–H groups in total. The summed E-state index contributed by atoms with van der Waals surface area (Å²) in [6.45, 7) is 6.75. The zero-order chi connectivity index (χ0) is 13.4. The van der Waals surface area contributed by atoms with Crippen molar-refractivity contribution in [1.82, 2.24) is 4.90 Å². The van der Waals surface area contributed by atoms with E-state index in [1.165, 1.54) is 32.1 Å². The van der Waals surface area contributed by atoms with Gasteiger partial charge in [-0.3, -0.25) is 4.90 Å². The first-order valence-electron chi connectivity index (χ1n) is 7.74. The van der Waals surface area contributed by atoms with E-state index < -0.39 is 0 Å². The lowest BCUT2D eigenvalue weighted by Gasteiger charge is -2.37. The molecule has 0 aliphatic carbocycles. The lowest BCUT2D eigenvalue weighted by Crippen LogP contribution is -2.46. The summed E-state index contributed by atoms with van der Waals surface area (Å²) in [5, 5.41) is 19.0. The van der Waals surface area contributed by atoms with E-state index in [0.717, 1.165) is 31.8 Å². The van der Waals surface area contributed by atoms with E-state index in [2.05, 4.69) is 18.7 Å². The maximum atomic E-state index is 9.61. The highest BCUT2D eigenvalue weighted by molar-refractivity contribution is 4.81. The predicted octanol–water partition coefficient (Wildman–Crippen LogP) is 2.41. The zero-order valence-corrected chi connectivity index (χ0v) is 12.1. The maximum Gasteiger partial charge on any atom is 0.0587 e. The molecule has 1 aliphatic heterocycles. The van der Waals surface area contributed by atoms with Gasteiger partial charge in [-0.1, -0.05) is 33.1 Å². The molecule has 0 aromatic heterocycles. The molecule has 0 radical (unpaired) electrons. The number of rotatable bonds is 8. The Morgan fingerprint density at radius 2 is 2.06 bits per heavy atom. The Balaban J connectivity index is 2.24. The highest BCUT2D eigenvalue weighted by atomic mass is 16.3. The van der Waals surface area contributed by atoms with Crippen molar-refractivity contribution >= 4 is 0 Å². The number of nitrogens with zero attached hydrogens (tertiary/aromatic N) is 1. The lowest BCUT2D eigenvalue weighted by molar-refractivity contribution is 0.0158. The van der Waals surface area contributed by atoms with Gasteiger partial charge in [0.15, 0.2) is 0 Å². The predicted molar refractivity (Wildman–Crippen MR) is 75.6 cm³/mol. The molecular formula is C15H31NO2. The van der Waals surface area contributed by atoms with Gasteiger partial charge in [0.1, 0.15) is 0 Å². The number of piperidine rings is 1. The Morgan fingerprint density at radius 3 is 2.67 bits per heavy atom. The Labute approximate surface area is 112 Å². The highest BCUT2D eigenvalue weighted by Crippen LogP contribution is 2.21. The standard InChI is InChI=1S/C15H31NO2/c1-3-6-13(4-2)7-5-9-16-10-8-15(18)11-14(16)12-17/h13-15,17-18H,3-12H2,1-2H3. The molecule has 108 valence electrons. The van der Waals surface area contributed by atoms with Crippen LogP contribution < -0.4 is 0 Å². The van der Waals surface area contributed by atoms with E-state index in [0.29, 0.717) is 0 Å². The van der Waals surface area contributed by atoms with Crippen LogP contribution in [0.3, 0.4) is 0 Å². The van der Waals surface area contributed by atoms with Gasteiger partial charge >= 0.3 is 0 Å². The van der Waals surface area contributed by atoms with Crippen LogP contribution in [0.5, 0.6) is 0 Å². The normalized spacial score (nSPS) is 27.3. The summed E-state index contributed by atoms with van der Waals surface area (Å²) in [6, 6.07) is 0.181. The topological polar surface area (TPSA) is 43.7 Å². The van der Waals surface area contributed by atoms with E-state index in [9.17, 15) is 10.2 Å². The molecule has 0 spiro atoms. The van der Waals surface area contributed by atoms with Crippen molar-refractivity contribution in [1.29, 1.82) is 0 Å². The fourth-order valence-electron chi connectivity index (χ4n) is 3.11. The van der Waals surface area contributed by atoms with Gasteiger partial charge in [0.05, 0.1) is 12.7 Å². The third-order valence-electron chi connectivity index (χ3n) is 4.35. The van der Waals surface area contributed by atoms with Gasteiger partial charge in [-0.05, 0) is 38.1 Å². The number of hydrogen-bond acceptors (Lipinski definition) is 3. The van der Waals surface area contributed by atoms with E-state index >= 15 is 0 Å². The van der Waals surface area contributed by atoms with Crippen molar-refractivity contribution in [3.05, 3.63) is 0 Å². The molecule has 0 aromatic rings. The molecule has 3 nitrogen and oxygen atoms in total. The van der Waals surface area contributed by atoms with Crippen LogP contribution in [0.25, 0.3) is 0 Å². The van der Waals surface area contributed by atoms with E-state index in [1.54, 1.807) is 0 Å². The summed E-state index contributed by atoms with van der Waals surface area (Å²) in [7, 11) is 0. The molecular weight excluding hydrogens is 226 g/mol. The summed E-state index contributed by atoms with van der Waals surface area (Å²) in [5.41, 5.74) is 0. The third kappa shape index (κ3) is 5.25. The van der Waals surface area contributed by atoms with Gasteiger partial charge in [0, 0.05) is 12.6 Å². The molecule has 18 heavy (non-hydrogen) atoms. The van der Waals surface area contributed by atoms with Crippen LogP contribution in [0.15, 0.2) is 0 Å². The molecule has 3 heteroatoms. The van der Waals surface area contributed by atoms with Crippen molar-refractivity contribution in [3.63, 3.8) is 0 Å². The molecule has 1 saturated heterocycles. The van der Waals surface area contributed by atoms with E-state index in [4.69, 9.17) is 0 Å². The van der Waals surface area contributed by atoms with Gasteiger partial charge in [-0.25, -0.2) is 0 Å². The molecule has 1 aliphatic rings. The first kappa shape index (κ1) is 15.9. The third-order valence-corrected chi connectivity index (χ3v) is 4.35. The molecule has 0 aromatic carbocycles. The largest absolute Gasteiger partial charge is 0.395 e. The summed E-state index contributed by atoms with van der Waals surface area (Å²) < 4.78 is 0. The minimum Gasteiger partial charge on any atom is -0.395 e. The van der Waals surface area contributed by atoms with E-state index in [1.807, 2.05) is 0 Å². The van der Waals surface area contributed by atoms with Crippen LogP contribution in [-0.2, 0) is 0 Å². The van der Waals surface area contributed by atoms with Crippen molar-refractivity contribution in [2.75, 3.05) is 19.7 Å². The quantitative estimate of drug-likeness (QED) is 0.702. The molecule has 1 rings (SSSR count). The van der Waals surface area contributed by atoms with Crippen LogP contribution in [-0.4, -0.2) is 47.0 Å². The summed E-state index contributed by atoms with van der Waals surface area (Å²) in [4.78, 5) is 2.37. The molecule has 1 fully saturated rings. The Kier molecular flexibility index (Phi) is 7.87. The smallest absolute Gasteiger partial charge is 0.0587 e. The van der Waals surface area contributed by atoms with Gasteiger partial charge in [0.25, 0.3) is 0 Å². The van der Waals surface area contributed by atoms with Gasteiger partial charge in [0.2, 0.25) is 0 Å². The minimum atomic E-state index is -0.207. The van der Waals surface area contributed by atoms with Crippen molar-refractivity contribution in [3.8, 4) is 0 Å². The second kappa shape index (κ2) is 8.89. The lowest BCUT2D eigenvalue weighted by atomic mass is 9.94. The van der Waals surface area contributed by atoms with Crippen LogP contribution in [0.4, 0.5) is 0 Å². The molecule has 1 heterocycles. The van der Waals surface area contributed by atoms with Crippen molar-refractivity contribution in [2.24, 2.45) is 5.92 Å². The van der Waals surface area contributed by atoms with Crippen LogP contribution in [0, 0.1) is 5.92 Å². The number of aliphatic hydroxyl groups is 2. The van der Waals surface area contributed by atoms with Gasteiger partial charge < -0.3 is 10.2 Å². The Hall–Kier alpha value is -0.120. The van der Waals surface area contributed by atoms with Crippen LogP contribution in [0.1, 0.15) is 58.8 Å². The second-order valence-electron chi connectivity index (χ2n) is 5.76. The van der Waals surface area contributed by atoms with Gasteiger partial charge in [-0.15, -0.1) is 0 Å².